The Balaban J connectivity index is 1.35. The van der Waals surface area contributed by atoms with E-state index in [4.69, 9.17) is 0 Å². The molecule has 1 aliphatic rings. The average molecular weight is 416 g/mol. The van der Waals surface area contributed by atoms with E-state index in [0.29, 0.717) is 12.4 Å². The van der Waals surface area contributed by atoms with Gasteiger partial charge >= 0.3 is 0 Å². The van der Waals surface area contributed by atoms with E-state index in [1.54, 1.807) is 4.90 Å². The van der Waals surface area contributed by atoms with Crippen LogP contribution in [-0.2, 0) is 9.59 Å². The first-order valence-electron chi connectivity index (χ1n) is 10.5. The first kappa shape index (κ1) is 19.3. The Morgan fingerprint density at radius 3 is 2.65 bits per heavy atom. The number of hydrogen-bond donors (Lipinski definition) is 3. The summed E-state index contributed by atoms with van der Waals surface area (Å²) in [5.74, 6) is 0.760. The Bertz CT molecular complexity index is 1240. The highest BCUT2D eigenvalue weighted by Crippen LogP contribution is 2.30. The molecular formula is C23H24N6O2. The number of hydrogen-bond acceptors (Lipinski definition) is 4. The zero-order valence-corrected chi connectivity index (χ0v) is 17.4. The van der Waals surface area contributed by atoms with Gasteiger partial charge in [0, 0.05) is 18.4 Å². The lowest BCUT2D eigenvalue weighted by atomic mass is 10.0. The summed E-state index contributed by atoms with van der Waals surface area (Å²) in [5.41, 5.74) is 2.66. The number of H-pyrrole nitrogens is 2. The second-order valence-electron chi connectivity index (χ2n) is 8.37. The highest BCUT2D eigenvalue weighted by molar-refractivity contribution is 6.05. The SMILES string of the molecule is CC(C)[C@H](NC(=O)C1CC(=O)N(c2n[nH]c3ccccc23)C1)c1nc2ccccc2[nH]1. The average Bonchev–Trinajstić information content (AvgIpc) is 3.47. The quantitative estimate of drug-likeness (QED) is 0.464. The molecule has 1 saturated heterocycles. The van der Waals surface area contributed by atoms with Crippen LogP contribution in [0.2, 0.25) is 0 Å². The van der Waals surface area contributed by atoms with E-state index in [-0.39, 0.29) is 30.2 Å². The van der Waals surface area contributed by atoms with Crippen LogP contribution in [0.15, 0.2) is 48.5 Å². The lowest BCUT2D eigenvalue weighted by molar-refractivity contribution is -0.127. The lowest BCUT2D eigenvalue weighted by Crippen LogP contribution is -2.38. The number of carbonyl (C=O) groups is 2. The number of benzene rings is 2. The van der Waals surface area contributed by atoms with E-state index in [1.165, 1.54) is 0 Å². The number of imidazole rings is 1. The number of amides is 2. The van der Waals surface area contributed by atoms with Crippen molar-refractivity contribution in [2.45, 2.75) is 26.3 Å². The molecule has 1 aliphatic heterocycles. The molecule has 2 aromatic carbocycles. The predicted molar refractivity (Wildman–Crippen MR) is 118 cm³/mol. The second kappa shape index (κ2) is 7.54. The molecule has 1 fully saturated rings. The molecule has 2 amide bonds. The Morgan fingerprint density at radius 1 is 1.13 bits per heavy atom. The maximum Gasteiger partial charge on any atom is 0.229 e. The van der Waals surface area contributed by atoms with Crippen LogP contribution in [0.25, 0.3) is 21.9 Å². The molecule has 3 N–H and O–H groups in total. The van der Waals surface area contributed by atoms with E-state index in [2.05, 4.69) is 25.5 Å². The second-order valence-corrected chi connectivity index (χ2v) is 8.37. The fourth-order valence-corrected chi connectivity index (χ4v) is 4.18. The molecule has 158 valence electrons. The first-order chi connectivity index (χ1) is 15.0. The van der Waals surface area contributed by atoms with Crippen molar-refractivity contribution in [3.63, 3.8) is 0 Å². The molecule has 8 nitrogen and oxygen atoms in total. The molecule has 2 atom stereocenters. The number of carbonyl (C=O) groups excluding carboxylic acids is 2. The third kappa shape index (κ3) is 3.43. The van der Waals surface area contributed by atoms with Gasteiger partial charge in [0.2, 0.25) is 11.8 Å². The molecule has 5 rings (SSSR count). The third-order valence-corrected chi connectivity index (χ3v) is 5.87. The maximum absolute atomic E-state index is 13.1. The van der Waals surface area contributed by atoms with E-state index < -0.39 is 5.92 Å². The van der Waals surface area contributed by atoms with Crippen LogP contribution in [0.1, 0.15) is 32.1 Å². The summed E-state index contributed by atoms with van der Waals surface area (Å²) in [4.78, 5) is 35.4. The highest BCUT2D eigenvalue weighted by Gasteiger charge is 2.38. The zero-order chi connectivity index (χ0) is 21.5. The van der Waals surface area contributed by atoms with Gasteiger partial charge in [-0.15, -0.1) is 0 Å². The van der Waals surface area contributed by atoms with Crippen LogP contribution >= 0.6 is 0 Å². The van der Waals surface area contributed by atoms with E-state index in [0.717, 1.165) is 27.8 Å². The van der Waals surface area contributed by atoms with Crippen molar-refractivity contribution in [2.24, 2.45) is 11.8 Å². The number of nitrogens with one attached hydrogen (secondary N) is 3. The maximum atomic E-state index is 13.1. The summed E-state index contributed by atoms with van der Waals surface area (Å²) in [6.45, 7) is 4.39. The number of anilines is 1. The van der Waals surface area contributed by atoms with Gasteiger partial charge in [-0.1, -0.05) is 38.1 Å². The van der Waals surface area contributed by atoms with Crippen molar-refractivity contribution in [2.75, 3.05) is 11.4 Å². The predicted octanol–water partition coefficient (Wildman–Crippen LogP) is 3.31. The molecule has 31 heavy (non-hydrogen) atoms. The molecule has 0 saturated carbocycles. The monoisotopic (exact) mass is 416 g/mol. The summed E-state index contributed by atoms with van der Waals surface area (Å²) < 4.78 is 0. The summed E-state index contributed by atoms with van der Waals surface area (Å²) in [5, 5.41) is 11.3. The number of fused-ring (bicyclic) bond motifs is 2. The van der Waals surface area contributed by atoms with Crippen molar-refractivity contribution < 1.29 is 9.59 Å². The first-order valence-corrected chi connectivity index (χ1v) is 10.5. The molecular weight excluding hydrogens is 392 g/mol. The van der Waals surface area contributed by atoms with Gasteiger partial charge in [0.1, 0.15) is 5.82 Å². The van der Waals surface area contributed by atoms with Crippen LogP contribution in [0, 0.1) is 11.8 Å². The van der Waals surface area contributed by atoms with Crippen LogP contribution in [0.3, 0.4) is 0 Å². The number of nitrogens with zero attached hydrogens (tertiary/aromatic N) is 3. The number of para-hydroxylation sites is 3. The van der Waals surface area contributed by atoms with Crippen LogP contribution in [0.5, 0.6) is 0 Å². The minimum absolute atomic E-state index is 0.0952. The largest absolute Gasteiger partial charge is 0.346 e. The van der Waals surface area contributed by atoms with Crippen molar-refractivity contribution in [1.29, 1.82) is 0 Å². The minimum atomic E-state index is -0.436. The van der Waals surface area contributed by atoms with Gasteiger partial charge in [-0.05, 0) is 30.2 Å². The van der Waals surface area contributed by atoms with Crippen molar-refractivity contribution in [1.82, 2.24) is 25.5 Å². The Kier molecular flexibility index (Phi) is 4.69. The van der Waals surface area contributed by atoms with Gasteiger partial charge in [-0.2, -0.15) is 5.10 Å². The number of aromatic nitrogens is 4. The summed E-state index contributed by atoms with van der Waals surface area (Å²) in [6.07, 6.45) is 0.165. The molecule has 1 unspecified atom stereocenters. The highest BCUT2D eigenvalue weighted by atomic mass is 16.2. The van der Waals surface area contributed by atoms with Gasteiger partial charge in [-0.25, -0.2) is 4.98 Å². The van der Waals surface area contributed by atoms with E-state index in [1.807, 2.05) is 62.4 Å². The summed E-state index contributed by atoms with van der Waals surface area (Å²) >= 11 is 0. The molecule has 0 aliphatic carbocycles. The molecule has 0 bridgehead atoms. The van der Waals surface area contributed by atoms with E-state index in [9.17, 15) is 9.59 Å². The van der Waals surface area contributed by atoms with E-state index >= 15 is 0 Å². The van der Waals surface area contributed by atoms with Crippen LogP contribution in [0.4, 0.5) is 5.82 Å². The van der Waals surface area contributed by atoms with Gasteiger partial charge < -0.3 is 10.3 Å². The van der Waals surface area contributed by atoms with Gasteiger partial charge in [0.25, 0.3) is 0 Å². The fourth-order valence-electron chi connectivity index (χ4n) is 4.18. The van der Waals surface area contributed by atoms with Crippen molar-refractivity contribution in [3.8, 4) is 0 Å². The molecule has 4 aromatic rings. The Hall–Kier alpha value is -3.68. The topological polar surface area (TPSA) is 107 Å². The summed E-state index contributed by atoms with van der Waals surface area (Å²) in [6, 6.07) is 15.2. The van der Waals surface area contributed by atoms with Crippen LogP contribution in [-0.4, -0.2) is 38.5 Å². The molecule has 0 spiro atoms. The molecule has 0 radical (unpaired) electrons. The number of rotatable bonds is 5. The molecule has 8 heteroatoms. The third-order valence-electron chi connectivity index (χ3n) is 5.87. The summed E-state index contributed by atoms with van der Waals surface area (Å²) in [7, 11) is 0. The van der Waals surface area contributed by atoms with Crippen molar-refractivity contribution in [3.05, 3.63) is 54.4 Å². The zero-order valence-electron chi connectivity index (χ0n) is 17.4. The Morgan fingerprint density at radius 2 is 1.87 bits per heavy atom. The standard InChI is InChI=1S/C23H24N6O2/c1-13(2)20(21-24-17-9-5-6-10-18(17)25-21)26-23(31)14-11-19(30)29(12-14)22-15-7-3-4-8-16(15)27-28-22/h3-10,13-14,20H,11-12H2,1-2H3,(H,24,25)(H,26,31)(H,27,28)/t14?,20-/m0/s1. The minimum Gasteiger partial charge on any atom is -0.346 e. The Labute approximate surface area is 179 Å². The van der Waals surface area contributed by atoms with Gasteiger partial charge in [-0.3, -0.25) is 19.6 Å². The molecule has 3 heterocycles. The molecule has 2 aromatic heterocycles. The lowest BCUT2D eigenvalue weighted by Gasteiger charge is -2.22. The van der Waals surface area contributed by atoms with Gasteiger partial charge in [0.05, 0.1) is 28.5 Å². The normalized spacial score (nSPS) is 17.7. The van der Waals surface area contributed by atoms with Gasteiger partial charge in [0.15, 0.2) is 5.82 Å². The van der Waals surface area contributed by atoms with Crippen molar-refractivity contribution >= 4 is 39.6 Å². The van der Waals surface area contributed by atoms with Crippen LogP contribution < -0.4 is 10.2 Å². The number of aromatic amines is 2. The smallest absolute Gasteiger partial charge is 0.229 e. The fraction of sp³-hybridized carbons (Fsp3) is 0.304.